The van der Waals surface area contributed by atoms with Gasteiger partial charge in [0.05, 0.1) is 13.2 Å². The Hall–Kier alpha value is -2.11. The topological polar surface area (TPSA) is 53.0 Å². The summed E-state index contributed by atoms with van der Waals surface area (Å²) in [6, 6.07) is 14.9. The highest BCUT2D eigenvalue weighted by Crippen LogP contribution is 2.25. The molecule has 5 heteroatoms. The van der Waals surface area contributed by atoms with Gasteiger partial charge >= 0.3 is 5.97 Å². The third kappa shape index (κ3) is 5.44. The molecule has 0 aliphatic carbocycles. The lowest BCUT2D eigenvalue weighted by molar-refractivity contribution is -0.139. The predicted molar refractivity (Wildman–Crippen MR) is 108 cm³/mol. The molecule has 27 heavy (non-hydrogen) atoms. The minimum atomic E-state index is -0.732. The Kier molecular flexibility index (Phi) is 7.07. The number of likely N-dealkylation sites (tertiary alicyclic amines) is 1. The third-order valence-electron chi connectivity index (χ3n) is 5.44. The van der Waals surface area contributed by atoms with Crippen LogP contribution in [0.2, 0.25) is 0 Å². The van der Waals surface area contributed by atoms with Gasteiger partial charge in [-0.1, -0.05) is 43.3 Å². The zero-order chi connectivity index (χ0) is 19.1. The van der Waals surface area contributed by atoms with E-state index >= 15 is 0 Å². The Morgan fingerprint density at radius 1 is 1.19 bits per heavy atom. The largest absolute Gasteiger partial charge is 0.493 e. The number of nitrogens with zero attached hydrogens (tertiary/aromatic N) is 2. The van der Waals surface area contributed by atoms with Crippen LogP contribution in [0.1, 0.15) is 26.2 Å². The van der Waals surface area contributed by atoms with E-state index in [1.54, 1.807) is 0 Å². The van der Waals surface area contributed by atoms with Crippen LogP contribution >= 0.6 is 0 Å². The third-order valence-corrected chi connectivity index (χ3v) is 5.44. The van der Waals surface area contributed by atoms with Crippen LogP contribution in [0.15, 0.2) is 42.5 Å². The standard InChI is InChI=1S/C22H30N2O3/c1-2-24(17-22(25)26)19-11-14-23(15-12-19)13-6-16-27-21-10-5-8-18-7-3-4-9-20(18)21/h3-5,7-10,19H,2,6,11-17H2,1H3,(H,25,26). The Balaban J connectivity index is 1.40. The molecular weight excluding hydrogens is 340 g/mol. The molecule has 0 atom stereocenters. The molecule has 1 N–H and O–H groups in total. The molecule has 0 amide bonds. The summed E-state index contributed by atoms with van der Waals surface area (Å²) < 4.78 is 6.03. The van der Waals surface area contributed by atoms with E-state index in [4.69, 9.17) is 9.84 Å². The molecule has 0 saturated carbocycles. The number of benzene rings is 2. The normalized spacial score (nSPS) is 16.1. The minimum Gasteiger partial charge on any atom is -0.493 e. The van der Waals surface area contributed by atoms with Gasteiger partial charge in [-0.05, 0) is 50.3 Å². The lowest BCUT2D eigenvalue weighted by Gasteiger charge is -2.37. The Labute approximate surface area is 161 Å². The Bertz CT molecular complexity index is 736. The maximum atomic E-state index is 11.0. The highest BCUT2D eigenvalue weighted by Gasteiger charge is 2.24. The van der Waals surface area contributed by atoms with E-state index in [1.807, 2.05) is 31.2 Å². The molecular formula is C22H30N2O3. The molecule has 2 aromatic carbocycles. The van der Waals surface area contributed by atoms with Gasteiger partial charge in [0.1, 0.15) is 5.75 Å². The molecule has 0 bridgehead atoms. The highest BCUT2D eigenvalue weighted by atomic mass is 16.5. The predicted octanol–water partition coefficient (Wildman–Crippen LogP) is 3.48. The SMILES string of the molecule is CCN(CC(=O)O)C1CCN(CCCOc2cccc3ccccc23)CC1. The van der Waals surface area contributed by atoms with E-state index < -0.39 is 5.97 Å². The van der Waals surface area contributed by atoms with Crippen LogP contribution in [-0.2, 0) is 4.79 Å². The first-order valence-electron chi connectivity index (χ1n) is 9.96. The maximum Gasteiger partial charge on any atom is 0.317 e. The summed E-state index contributed by atoms with van der Waals surface area (Å²) in [5.41, 5.74) is 0. The highest BCUT2D eigenvalue weighted by molar-refractivity contribution is 5.88. The average Bonchev–Trinajstić information content (AvgIpc) is 2.70. The van der Waals surface area contributed by atoms with Crippen molar-refractivity contribution in [2.75, 3.05) is 39.3 Å². The van der Waals surface area contributed by atoms with Crippen LogP contribution < -0.4 is 4.74 Å². The lowest BCUT2D eigenvalue weighted by Crippen LogP contribution is -2.46. The van der Waals surface area contributed by atoms with Crippen molar-refractivity contribution in [2.45, 2.75) is 32.2 Å². The van der Waals surface area contributed by atoms with E-state index in [-0.39, 0.29) is 6.54 Å². The average molecular weight is 370 g/mol. The zero-order valence-corrected chi connectivity index (χ0v) is 16.1. The van der Waals surface area contributed by atoms with Crippen molar-refractivity contribution in [1.29, 1.82) is 0 Å². The number of aliphatic carboxylic acids is 1. The number of hydrogen-bond donors (Lipinski definition) is 1. The van der Waals surface area contributed by atoms with Gasteiger partial charge in [-0.25, -0.2) is 0 Å². The van der Waals surface area contributed by atoms with Gasteiger partial charge in [-0.2, -0.15) is 0 Å². The van der Waals surface area contributed by atoms with Crippen LogP contribution in [-0.4, -0.2) is 66.2 Å². The molecule has 0 spiro atoms. The molecule has 2 aromatic rings. The monoisotopic (exact) mass is 370 g/mol. The van der Waals surface area contributed by atoms with Gasteiger partial charge < -0.3 is 14.7 Å². The van der Waals surface area contributed by atoms with Crippen molar-refractivity contribution in [2.24, 2.45) is 0 Å². The van der Waals surface area contributed by atoms with Gasteiger partial charge in [-0.3, -0.25) is 9.69 Å². The molecule has 1 saturated heterocycles. The Morgan fingerprint density at radius 3 is 2.67 bits per heavy atom. The Morgan fingerprint density at radius 2 is 1.93 bits per heavy atom. The number of rotatable bonds is 9. The number of hydrogen-bond acceptors (Lipinski definition) is 4. The first-order valence-corrected chi connectivity index (χ1v) is 9.96. The fourth-order valence-corrected chi connectivity index (χ4v) is 3.97. The molecule has 3 rings (SSSR count). The van der Waals surface area contributed by atoms with Crippen molar-refractivity contribution in [3.63, 3.8) is 0 Å². The molecule has 5 nitrogen and oxygen atoms in total. The number of fused-ring (bicyclic) bond motifs is 1. The summed E-state index contributed by atoms with van der Waals surface area (Å²) in [5.74, 6) is 0.226. The van der Waals surface area contributed by atoms with Gasteiger partial charge in [0.25, 0.3) is 0 Å². The van der Waals surface area contributed by atoms with E-state index in [2.05, 4.69) is 28.0 Å². The van der Waals surface area contributed by atoms with Crippen LogP contribution in [0.4, 0.5) is 0 Å². The first kappa shape index (κ1) is 19.6. The van der Waals surface area contributed by atoms with E-state index in [1.165, 1.54) is 10.8 Å². The number of piperidine rings is 1. The van der Waals surface area contributed by atoms with Crippen molar-refractivity contribution in [3.05, 3.63) is 42.5 Å². The molecule has 146 valence electrons. The van der Waals surface area contributed by atoms with Crippen molar-refractivity contribution in [3.8, 4) is 5.75 Å². The zero-order valence-electron chi connectivity index (χ0n) is 16.1. The van der Waals surface area contributed by atoms with E-state index in [0.717, 1.165) is 51.2 Å². The van der Waals surface area contributed by atoms with Crippen LogP contribution in [0.25, 0.3) is 10.8 Å². The van der Waals surface area contributed by atoms with Gasteiger partial charge in [0.15, 0.2) is 0 Å². The first-order chi connectivity index (χ1) is 13.2. The molecule has 0 unspecified atom stereocenters. The number of carbonyl (C=O) groups is 1. The molecule has 0 aromatic heterocycles. The van der Waals surface area contributed by atoms with E-state index in [9.17, 15) is 4.79 Å². The van der Waals surface area contributed by atoms with Crippen LogP contribution in [0.3, 0.4) is 0 Å². The number of carboxylic acid groups (broad SMARTS) is 1. The van der Waals surface area contributed by atoms with Gasteiger partial charge in [-0.15, -0.1) is 0 Å². The fraction of sp³-hybridized carbons (Fsp3) is 0.500. The fourth-order valence-electron chi connectivity index (χ4n) is 3.97. The second kappa shape index (κ2) is 9.72. The summed E-state index contributed by atoms with van der Waals surface area (Å²) in [7, 11) is 0. The molecule has 1 aliphatic rings. The van der Waals surface area contributed by atoms with Crippen molar-refractivity contribution < 1.29 is 14.6 Å². The summed E-state index contributed by atoms with van der Waals surface area (Å²) in [4.78, 5) is 15.5. The molecule has 1 aliphatic heterocycles. The number of carboxylic acids is 1. The smallest absolute Gasteiger partial charge is 0.317 e. The van der Waals surface area contributed by atoms with Crippen molar-refractivity contribution >= 4 is 16.7 Å². The number of likely N-dealkylation sites (N-methyl/N-ethyl adjacent to an activating group) is 1. The maximum absolute atomic E-state index is 11.0. The minimum absolute atomic E-state index is 0.153. The summed E-state index contributed by atoms with van der Waals surface area (Å²) in [6.07, 6.45) is 3.09. The lowest BCUT2D eigenvalue weighted by atomic mass is 10.0. The second-order valence-corrected chi connectivity index (χ2v) is 7.21. The second-order valence-electron chi connectivity index (χ2n) is 7.21. The molecule has 0 radical (unpaired) electrons. The quantitative estimate of drug-likeness (QED) is 0.685. The molecule has 1 fully saturated rings. The van der Waals surface area contributed by atoms with Gasteiger partial charge in [0, 0.05) is 18.0 Å². The summed E-state index contributed by atoms with van der Waals surface area (Å²) in [6.45, 7) is 6.82. The summed E-state index contributed by atoms with van der Waals surface area (Å²) in [5, 5.41) is 11.4. The van der Waals surface area contributed by atoms with Crippen LogP contribution in [0.5, 0.6) is 5.75 Å². The summed E-state index contributed by atoms with van der Waals surface area (Å²) >= 11 is 0. The molecule has 1 heterocycles. The van der Waals surface area contributed by atoms with E-state index in [0.29, 0.717) is 12.6 Å². The van der Waals surface area contributed by atoms with Crippen molar-refractivity contribution in [1.82, 2.24) is 9.80 Å². The number of ether oxygens (including phenoxy) is 1. The van der Waals surface area contributed by atoms with Gasteiger partial charge in [0.2, 0.25) is 0 Å². The van der Waals surface area contributed by atoms with Crippen LogP contribution in [0, 0.1) is 0 Å².